The number of hydrogen-bond acceptors (Lipinski definition) is 7. The number of rotatable bonds is 15. The van der Waals surface area contributed by atoms with Crippen LogP contribution in [-0.2, 0) is 0 Å². The number of methoxy groups -OCH3 is 2. The number of benzene rings is 2. The summed E-state index contributed by atoms with van der Waals surface area (Å²) in [5, 5.41) is 19.6. The van der Waals surface area contributed by atoms with Crippen LogP contribution in [0, 0.1) is 0 Å². The summed E-state index contributed by atoms with van der Waals surface area (Å²) in [5.41, 5.74) is 0.399. The van der Waals surface area contributed by atoms with E-state index in [0.717, 1.165) is 12.8 Å². The quantitative estimate of drug-likeness (QED) is 0.169. The first-order valence-electron chi connectivity index (χ1n) is 12.9. The van der Waals surface area contributed by atoms with Crippen LogP contribution in [0.25, 0.3) is 22.3 Å². The fourth-order valence-electron chi connectivity index (χ4n) is 4.31. The predicted molar refractivity (Wildman–Crippen MR) is 142 cm³/mol. The van der Waals surface area contributed by atoms with Gasteiger partial charge in [0.25, 0.3) is 0 Å². The zero-order valence-corrected chi connectivity index (χ0v) is 21.6. The minimum absolute atomic E-state index is 0.242. The Morgan fingerprint density at radius 1 is 0.778 bits per heavy atom. The zero-order valence-electron chi connectivity index (χ0n) is 21.6. The number of fused-ring (bicyclic) bond motifs is 1. The highest BCUT2D eigenvalue weighted by molar-refractivity contribution is 5.90. The molecule has 0 saturated heterocycles. The van der Waals surface area contributed by atoms with Gasteiger partial charge in [0, 0.05) is 17.7 Å². The lowest BCUT2D eigenvalue weighted by Crippen LogP contribution is -2.07. The third-order valence-corrected chi connectivity index (χ3v) is 6.32. The molecule has 1 aromatic heterocycles. The normalized spacial score (nSPS) is 11.1. The Morgan fingerprint density at radius 2 is 1.44 bits per heavy atom. The summed E-state index contributed by atoms with van der Waals surface area (Å²) in [6, 6.07) is 7.15. The van der Waals surface area contributed by atoms with Gasteiger partial charge in [-0.3, -0.25) is 4.79 Å². The molecule has 0 unspecified atom stereocenters. The van der Waals surface area contributed by atoms with Gasteiger partial charge in [0.05, 0.1) is 20.8 Å². The van der Waals surface area contributed by atoms with Crippen LogP contribution < -0.4 is 19.6 Å². The molecule has 0 fully saturated rings. The maximum atomic E-state index is 13.1. The number of hydrogen-bond donors (Lipinski definition) is 2. The SMILES string of the molecule is CCCCCCCCCCCCOc1c(OC)cc2oc(-c3ccc(O)c(O)c3)cc(=O)c2c1OC. The Bertz CT molecular complexity index is 1180. The third kappa shape index (κ3) is 6.86. The maximum absolute atomic E-state index is 13.1. The Balaban J connectivity index is 1.69. The molecular weight excluding hydrogens is 460 g/mol. The van der Waals surface area contributed by atoms with Gasteiger partial charge in [0.2, 0.25) is 5.75 Å². The molecular formula is C29H38O7. The van der Waals surface area contributed by atoms with E-state index in [1.54, 1.807) is 12.1 Å². The van der Waals surface area contributed by atoms with Crippen molar-refractivity contribution in [1.82, 2.24) is 0 Å². The third-order valence-electron chi connectivity index (χ3n) is 6.32. The summed E-state index contributed by atoms with van der Waals surface area (Å²) >= 11 is 0. The fraction of sp³-hybridized carbons (Fsp3) is 0.483. The van der Waals surface area contributed by atoms with Gasteiger partial charge in [-0.1, -0.05) is 64.7 Å². The summed E-state index contributed by atoms with van der Waals surface area (Å²) in [6.45, 7) is 2.73. The van der Waals surface area contributed by atoms with E-state index in [4.69, 9.17) is 18.6 Å². The molecule has 36 heavy (non-hydrogen) atoms. The fourth-order valence-corrected chi connectivity index (χ4v) is 4.31. The number of phenolic OH excluding ortho intramolecular Hbond substituents is 2. The van der Waals surface area contributed by atoms with E-state index in [1.165, 1.54) is 83.8 Å². The van der Waals surface area contributed by atoms with Crippen molar-refractivity contribution in [1.29, 1.82) is 0 Å². The smallest absolute Gasteiger partial charge is 0.204 e. The van der Waals surface area contributed by atoms with Gasteiger partial charge in [-0.05, 0) is 24.6 Å². The first kappa shape index (κ1) is 27.2. The molecule has 7 heteroatoms. The van der Waals surface area contributed by atoms with E-state index in [1.807, 2.05) is 0 Å². The number of ether oxygens (including phenoxy) is 3. The highest BCUT2D eigenvalue weighted by Gasteiger charge is 2.21. The first-order chi connectivity index (χ1) is 17.5. The minimum atomic E-state index is -0.317. The van der Waals surface area contributed by atoms with Crippen LogP contribution in [0.15, 0.2) is 39.5 Å². The van der Waals surface area contributed by atoms with E-state index < -0.39 is 0 Å². The summed E-state index contributed by atoms with van der Waals surface area (Å²) in [6.07, 6.45) is 12.3. The van der Waals surface area contributed by atoms with Gasteiger partial charge in [0.1, 0.15) is 16.7 Å². The Kier molecular flexibility index (Phi) is 10.3. The van der Waals surface area contributed by atoms with Crippen molar-refractivity contribution in [3.8, 4) is 40.1 Å². The molecule has 3 rings (SSSR count). The highest BCUT2D eigenvalue weighted by atomic mass is 16.5. The second kappa shape index (κ2) is 13.7. The molecule has 0 bridgehead atoms. The largest absolute Gasteiger partial charge is 0.504 e. The van der Waals surface area contributed by atoms with Gasteiger partial charge in [-0.15, -0.1) is 0 Å². The van der Waals surface area contributed by atoms with Gasteiger partial charge >= 0.3 is 0 Å². The molecule has 3 aromatic rings. The van der Waals surface area contributed by atoms with Crippen molar-refractivity contribution in [2.45, 2.75) is 71.1 Å². The van der Waals surface area contributed by atoms with Crippen molar-refractivity contribution in [2.24, 2.45) is 0 Å². The van der Waals surface area contributed by atoms with Crippen molar-refractivity contribution in [2.75, 3.05) is 20.8 Å². The van der Waals surface area contributed by atoms with Crippen LogP contribution in [0.1, 0.15) is 71.1 Å². The van der Waals surface area contributed by atoms with Crippen LogP contribution in [0.3, 0.4) is 0 Å². The predicted octanol–water partition coefficient (Wildman–Crippen LogP) is 7.19. The lowest BCUT2D eigenvalue weighted by molar-refractivity contribution is 0.268. The Morgan fingerprint density at radius 3 is 2.06 bits per heavy atom. The second-order valence-corrected chi connectivity index (χ2v) is 9.02. The lowest BCUT2D eigenvalue weighted by atomic mass is 10.1. The number of aromatic hydroxyl groups is 2. The number of phenols is 2. The van der Waals surface area contributed by atoms with E-state index >= 15 is 0 Å². The van der Waals surface area contributed by atoms with E-state index in [2.05, 4.69) is 6.92 Å². The lowest BCUT2D eigenvalue weighted by Gasteiger charge is -2.16. The van der Waals surface area contributed by atoms with Gasteiger partial charge in [0.15, 0.2) is 28.4 Å². The molecule has 0 saturated carbocycles. The maximum Gasteiger partial charge on any atom is 0.204 e. The standard InChI is InChI=1S/C29H38O7/c1-4-5-6-7-8-9-10-11-12-13-16-35-28-26(33-2)19-25-27(29(28)34-3)23(32)18-24(36-25)20-14-15-21(30)22(31)17-20/h14-15,17-19,30-31H,4-13,16H2,1-3H3. The first-order valence-corrected chi connectivity index (χ1v) is 12.9. The highest BCUT2D eigenvalue weighted by Crippen LogP contribution is 2.43. The summed E-state index contributed by atoms with van der Waals surface area (Å²) in [4.78, 5) is 13.1. The molecule has 1 heterocycles. The van der Waals surface area contributed by atoms with Crippen molar-refractivity contribution < 1.29 is 28.8 Å². The minimum Gasteiger partial charge on any atom is -0.504 e. The number of unbranched alkanes of at least 4 members (excludes halogenated alkanes) is 9. The van der Waals surface area contributed by atoms with Crippen molar-refractivity contribution in [3.05, 3.63) is 40.6 Å². The van der Waals surface area contributed by atoms with Crippen LogP contribution in [0.2, 0.25) is 0 Å². The summed E-state index contributed by atoms with van der Waals surface area (Å²) in [7, 11) is 3.00. The van der Waals surface area contributed by atoms with Crippen LogP contribution in [-0.4, -0.2) is 31.0 Å². The van der Waals surface area contributed by atoms with Crippen molar-refractivity contribution >= 4 is 11.0 Å². The molecule has 0 aliphatic carbocycles. The van der Waals surface area contributed by atoms with E-state index in [-0.39, 0.29) is 39.4 Å². The van der Waals surface area contributed by atoms with Gasteiger partial charge in [-0.2, -0.15) is 0 Å². The summed E-state index contributed by atoms with van der Waals surface area (Å²) < 4.78 is 23.1. The molecule has 2 N–H and O–H groups in total. The molecule has 196 valence electrons. The second-order valence-electron chi connectivity index (χ2n) is 9.02. The molecule has 7 nitrogen and oxygen atoms in total. The Hall–Kier alpha value is -3.35. The molecule has 0 aliphatic rings. The monoisotopic (exact) mass is 498 g/mol. The Labute approximate surface area is 212 Å². The van der Waals surface area contributed by atoms with Crippen molar-refractivity contribution in [3.63, 3.8) is 0 Å². The molecule has 0 spiro atoms. The molecule has 0 aliphatic heterocycles. The van der Waals surface area contributed by atoms with Crippen LogP contribution in [0.4, 0.5) is 0 Å². The molecule has 0 atom stereocenters. The van der Waals surface area contributed by atoms with Crippen LogP contribution in [0.5, 0.6) is 28.7 Å². The average Bonchev–Trinajstić information content (AvgIpc) is 2.88. The van der Waals surface area contributed by atoms with E-state index in [0.29, 0.717) is 23.7 Å². The molecule has 0 amide bonds. The van der Waals surface area contributed by atoms with E-state index in [9.17, 15) is 15.0 Å². The van der Waals surface area contributed by atoms with Gasteiger partial charge in [-0.25, -0.2) is 0 Å². The molecule has 0 radical (unpaired) electrons. The molecule has 2 aromatic carbocycles. The summed E-state index contributed by atoms with van der Waals surface area (Å²) in [5.74, 6) is 0.734. The van der Waals surface area contributed by atoms with Gasteiger partial charge < -0.3 is 28.8 Å². The topological polar surface area (TPSA) is 98.4 Å². The zero-order chi connectivity index (χ0) is 25.9. The van der Waals surface area contributed by atoms with Crippen LogP contribution >= 0.6 is 0 Å². The average molecular weight is 499 g/mol.